The Bertz CT molecular complexity index is 775. The normalized spacial score (nSPS) is 11.4. The zero-order chi connectivity index (χ0) is 18.4. The summed E-state index contributed by atoms with van der Waals surface area (Å²) in [4.78, 5) is 38.7. The van der Waals surface area contributed by atoms with Crippen molar-refractivity contribution in [3.8, 4) is 0 Å². The van der Waals surface area contributed by atoms with Gasteiger partial charge in [-0.05, 0) is 29.8 Å². The average Bonchev–Trinajstić information content (AvgIpc) is 2.60. The van der Waals surface area contributed by atoms with Crippen LogP contribution in [0.5, 0.6) is 0 Å². The number of halogens is 1. The first-order chi connectivity index (χ1) is 11.9. The minimum Gasteiger partial charge on any atom is -0.481 e. The molecule has 0 aliphatic heterocycles. The van der Waals surface area contributed by atoms with Crippen LogP contribution in [0, 0.1) is 5.82 Å². The monoisotopic (exact) mass is 345 g/mol. The van der Waals surface area contributed by atoms with Crippen LogP contribution in [0.25, 0.3) is 0 Å². The summed E-state index contributed by atoms with van der Waals surface area (Å²) in [6.45, 7) is 0. The highest BCUT2D eigenvalue weighted by Crippen LogP contribution is 2.18. The van der Waals surface area contributed by atoms with Crippen molar-refractivity contribution in [2.45, 2.75) is 12.5 Å². The third-order valence-electron chi connectivity index (χ3n) is 3.44. The Morgan fingerprint density at radius 3 is 2.32 bits per heavy atom. The summed E-state index contributed by atoms with van der Waals surface area (Å²) < 4.78 is 13.0. The molecule has 25 heavy (non-hydrogen) atoms. The van der Waals surface area contributed by atoms with Crippen molar-refractivity contribution in [1.82, 2.24) is 15.6 Å². The summed E-state index contributed by atoms with van der Waals surface area (Å²) >= 11 is 0. The second-order valence-corrected chi connectivity index (χ2v) is 5.19. The van der Waals surface area contributed by atoms with E-state index in [0.717, 1.165) is 0 Å². The van der Waals surface area contributed by atoms with E-state index in [-0.39, 0.29) is 23.6 Å². The van der Waals surface area contributed by atoms with Crippen LogP contribution in [-0.2, 0) is 4.79 Å². The fraction of sp³-hybridized carbons (Fsp3) is 0.176. The summed E-state index contributed by atoms with van der Waals surface area (Å²) in [6, 6.07) is 7.18. The number of amides is 2. The molecule has 1 heterocycles. The van der Waals surface area contributed by atoms with Crippen molar-refractivity contribution >= 4 is 17.8 Å². The Balaban J connectivity index is 2.17. The molecule has 0 aliphatic carbocycles. The Kier molecular flexibility index (Phi) is 5.78. The number of aromatic nitrogens is 1. The van der Waals surface area contributed by atoms with Crippen molar-refractivity contribution in [1.29, 1.82) is 0 Å². The molecule has 0 bridgehead atoms. The number of nitrogens with one attached hydrogen (secondary N) is 2. The Hall–Kier alpha value is -3.29. The van der Waals surface area contributed by atoms with Gasteiger partial charge in [-0.25, -0.2) is 4.39 Å². The summed E-state index contributed by atoms with van der Waals surface area (Å²) in [7, 11) is 1.46. The van der Waals surface area contributed by atoms with Gasteiger partial charge in [0.25, 0.3) is 11.8 Å². The van der Waals surface area contributed by atoms with Gasteiger partial charge in [0.1, 0.15) is 11.5 Å². The Morgan fingerprint density at radius 2 is 1.80 bits per heavy atom. The number of carboxylic acids is 1. The van der Waals surface area contributed by atoms with Gasteiger partial charge in [-0.1, -0.05) is 12.1 Å². The molecule has 0 aliphatic rings. The molecule has 0 radical (unpaired) electrons. The molecule has 130 valence electrons. The van der Waals surface area contributed by atoms with Gasteiger partial charge >= 0.3 is 5.97 Å². The maximum Gasteiger partial charge on any atom is 0.305 e. The van der Waals surface area contributed by atoms with Crippen LogP contribution in [0.2, 0.25) is 0 Å². The summed E-state index contributed by atoms with van der Waals surface area (Å²) in [5, 5.41) is 14.0. The van der Waals surface area contributed by atoms with E-state index in [4.69, 9.17) is 5.11 Å². The largest absolute Gasteiger partial charge is 0.481 e. The number of benzene rings is 1. The second-order valence-electron chi connectivity index (χ2n) is 5.19. The minimum atomic E-state index is -1.11. The predicted molar refractivity (Wildman–Crippen MR) is 86.5 cm³/mol. The van der Waals surface area contributed by atoms with Gasteiger partial charge in [-0.15, -0.1) is 0 Å². The van der Waals surface area contributed by atoms with E-state index in [0.29, 0.717) is 5.56 Å². The van der Waals surface area contributed by atoms with Crippen LogP contribution in [0.4, 0.5) is 4.39 Å². The molecule has 3 N–H and O–H groups in total. The predicted octanol–water partition coefficient (Wildman–Crippen LogP) is 1.53. The third-order valence-corrected chi connectivity index (χ3v) is 3.44. The van der Waals surface area contributed by atoms with E-state index in [9.17, 15) is 18.8 Å². The molecular formula is C17H16FN3O4. The fourth-order valence-corrected chi connectivity index (χ4v) is 2.15. The summed E-state index contributed by atoms with van der Waals surface area (Å²) in [5.74, 6) is -2.51. The van der Waals surface area contributed by atoms with Crippen molar-refractivity contribution in [2.24, 2.45) is 0 Å². The number of carboxylic acid groups (broad SMARTS) is 1. The number of hydrogen-bond donors (Lipinski definition) is 3. The van der Waals surface area contributed by atoms with Crippen molar-refractivity contribution in [3.63, 3.8) is 0 Å². The molecule has 1 atom stereocenters. The van der Waals surface area contributed by atoms with Crippen LogP contribution in [0.1, 0.15) is 38.9 Å². The number of carbonyl (C=O) groups excluding carboxylic acids is 2. The number of pyridine rings is 1. The van der Waals surface area contributed by atoms with Gasteiger partial charge in [-0.3, -0.25) is 19.4 Å². The first-order valence-corrected chi connectivity index (χ1v) is 7.37. The molecule has 0 spiro atoms. The van der Waals surface area contributed by atoms with Crippen LogP contribution in [0.3, 0.4) is 0 Å². The molecule has 2 rings (SSSR count). The number of hydrogen-bond acceptors (Lipinski definition) is 4. The number of aliphatic carboxylic acids is 1. The van der Waals surface area contributed by atoms with E-state index in [1.54, 1.807) is 0 Å². The number of rotatable bonds is 6. The Morgan fingerprint density at radius 1 is 1.12 bits per heavy atom. The lowest BCUT2D eigenvalue weighted by Crippen LogP contribution is -2.30. The van der Waals surface area contributed by atoms with Crippen LogP contribution in [-0.4, -0.2) is 34.9 Å². The van der Waals surface area contributed by atoms with Crippen molar-refractivity contribution < 1.29 is 23.9 Å². The van der Waals surface area contributed by atoms with Crippen molar-refractivity contribution in [2.75, 3.05) is 7.05 Å². The molecule has 8 heteroatoms. The lowest BCUT2D eigenvalue weighted by atomic mass is 10.0. The van der Waals surface area contributed by atoms with Gasteiger partial charge in [-0.2, -0.15) is 0 Å². The first-order valence-electron chi connectivity index (χ1n) is 7.37. The van der Waals surface area contributed by atoms with E-state index >= 15 is 0 Å². The topological polar surface area (TPSA) is 108 Å². The quantitative estimate of drug-likeness (QED) is 0.736. The minimum absolute atomic E-state index is 0.152. The zero-order valence-electron chi connectivity index (χ0n) is 13.3. The van der Waals surface area contributed by atoms with Crippen LogP contribution < -0.4 is 10.6 Å². The maximum absolute atomic E-state index is 13.0. The lowest BCUT2D eigenvalue weighted by Gasteiger charge is -2.17. The maximum atomic E-state index is 13.0. The van der Waals surface area contributed by atoms with E-state index in [1.165, 1.54) is 49.6 Å². The lowest BCUT2D eigenvalue weighted by molar-refractivity contribution is -0.137. The molecular weight excluding hydrogens is 329 g/mol. The highest BCUT2D eigenvalue weighted by atomic mass is 19.1. The average molecular weight is 345 g/mol. The van der Waals surface area contributed by atoms with Crippen molar-refractivity contribution in [3.05, 3.63) is 65.2 Å². The molecule has 0 saturated heterocycles. The SMILES string of the molecule is CNC(=O)c1ccc(C(=O)NC(CC(=O)O)c2ccc(F)cc2)cn1. The Labute approximate surface area is 142 Å². The summed E-state index contributed by atoms with van der Waals surface area (Å²) in [5.41, 5.74) is 0.789. The van der Waals surface area contributed by atoms with Crippen LogP contribution in [0.15, 0.2) is 42.6 Å². The molecule has 0 fully saturated rings. The van der Waals surface area contributed by atoms with E-state index < -0.39 is 23.7 Å². The second kappa shape index (κ2) is 8.00. The fourth-order valence-electron chi connectivity index (χ4n) is 2.15. The zero-order valence-corrected chi connectivity index (χ0v) is 13.3. The summed E-state index contributed by atoms with van der Waals surface area (Å²) in [6.07, 6.45) is 0.865. The van der Waals surface area contributed by atoms with Gasteiger partial charge in [0.15, 0.2) is 0 Å². The molecule has 1 aromatic heterocycles. The molecule has 1 aromatic carbocycles. The third kappa shape index (κ3) is 4.84. The standard InChI is InChI=1S/C17H16FN3O4/c1-19-17(25)13-7-4-11(9-20-13)16(24)21-14(8-15(22)23)10-2-5-12(18)6-3-10/h2-7,9,14H,8H2,1H3,(H,19,25)(H,21,24)(H,22,23). The van der Waals surface area contributed by atoms with Gasteiger partial charge in [0, 0.05) is 13.2 Å². The van der Waals surface area contributed by atoms with E-state index in [1.807, 2.05) is 0 Å². The van der Waals surface area contributed by atoms with Gasteiger partial charge in [0.2, 0.25) is 0 Å². The number of nitrogens with zero attached hydrogens (tertiary/aromatic N) is 1. The number of carbonyl (C=O) groups is 3. The van der Waals surface area contributed by atoms with Crippen LogP contribution >= 0.6 is 0 Å². The first kappa shape index (κ1) is 18.1. The highest BCUT2D eigenvalue weighted by Gasteiger charge is 2.19. The molecule has 7 nitrogen and oxygen atoms in total. The molecule has 2 amide bonds. The smallest absolute Gasteiger partial charge is 0.305 e. The highest BCUT2D eigenvalue weighted by molar-refractivity contribution is 5.96. The molecule has 2 aromatic rings. The van der Waals surface area contributed by atoms with Gasteiger partial charge < -0.3 is 15.7 Å². The molecule has 0 saturated carbocycles. The molecule has 1 unspecified atom stereocenters. The van der Waals surface area contributed by atoms with Gasteiger partial charge in [0.05, 0.1) is 18.0 Å². The van der Waals surface area contributed by atoms with E-state index in [2.05, 4.69) is 15.6 Å².